The molecule has 96 valence electrons. The number of hydrogen-bond acceptors (Lipinski definition) is 5. The van der Waals surface area contributed by atoms with Gasteiger partial charge in [-0.05, 0) is 29.8 Å². The minimum absolute atomic E-state index is 0.599. The second-order valence-electron chi connectivity index (χ2n) is 4.54. The Morgan fingerprint density at radius 3 is 2.88 bits per heavy atom. The molecule has 1 aromatic heterocycles. The van der Waals surface area contributed by atoms with Gasteiger partial charge in [0.25, 0.3) is 0 Å². The molecular weight excluding hydrogens is 234 g/mol. The maximum Gasteiger partial charge on any atom is 0.209 e. The number of nitrogens with zero attached hydrogens (tertiary/aromatic N) is 4. The van der Waals surface area contributed by atoms with Crippen molar-refractivity contribution in [3.8, 4) is 0 Å². The summed E-state index contributed by atoms with van der Waals surface area (Å²) in [7, 11) is 1.90. The molecule has 1 N–H and O–H groups in total. The van der Waals surface area contributed by atoms with Gasteiger partial charge in [-0.25, -0.2) is 4.68 Å². The summed E-state index contributed by atoms with van der Waals surface area (Å²) in [6, 6.07) is 0.601. The average Bonchev–Trinajstić information content (AvgIpc) is 2.59. The van der Waals surface area contributed by atoms with E-state index in [9.17, 15) is 0 Å². The van der Waals surface area contributed by atoms with Crippen LogP contribution in [0.15, 0.2) is 5.16 Å². The SMILES string of the molecule is CCNC1CCCCCC1Sc1nnnn1C. The van der Waals surface area contributed by atoms with Crippen LogP contribution in [0, 0.1) is 0 Å². The predicted molar refractivity (Wildman–Crippen MR) is 69.0 cm³/mol. The number of rotatable bonds is 4. The Bertz CT molecular complexity index is 340. The Morgan fingerprint density at radius 2 is 2.18 bits per heavy atom. The molecule has 2 rings (SSSR count). The fourth-order valence-electron chi connectivity index (χ4n) is 2.37. The molecule has 0 spiro atoms. The number of thioether (sulfide) groups is 1. The van der Waals surface area contributed by atoms with Gasteiger partial charge in [-0.15, -0.1) is 5.10 Å². The first-order valence-corrected chi connectivity index (χ1v) is 7.31. The van der Waals surface area contributed by atoms with Crippen LogP contribution in [0.2, 0.25) is 0 Å². The zero-order chi connectivity index (χ0) is 12.1. The Kier molecular flexibility index (Phi) is 4.79. The third kappa shape index (κ3) is 3.42. The largest absolute Gasteiger partial charge is 0.313 e. The zero-order valence-corrected chi connectivity index (χ0v) is 11.4. The van der Waals surface area contributed by atoms with E-state index in [1.807, 2.05) is 18.8 Å². The number of hydrogen-bond donors (Lipinski definition) is 1. The molecule has 5 nitrogen and oxygen atoms in total. The fraction of sp³-hybridized carbons (Fsp3) is 0.909. The molecule has 1 aliphatic carbocycles. The van der Waals surface area contributed by atoms with Gasteiger partial charge in [0, 0.05) is 18.3 Å². The molecule has 0 aliphatic heterocycles. The van der Waals surface area contributed by atoms with Crippen LogP contribution in [0.3, 0.4) is 0 Å². The number of tetrazole rings is 1. The van der Waals surface area contributed by atoms with Crippen molar-refractivity contribution in [1.29, 1.82) is 0 Å². The summed E-state index contributed by atoms with van der Waals surface area (Å²) in [6.45, 7) is 3.22. The lowest BCUT2D eigenvalue weighted by Gasteiger charge is -2.24. The van der Waals surface area contributed by atoms with Gasteiger partial charge in [0.2, 0.25) is 5.16 Å². The Balaban J connectivity index is 2.02. The lowest BCUT2D eigenvalue weighted by Crippen LogP contribution is -2.37. The molecular formula is C11H21N5S. The van der Waals surface area contributed by atoms with Crippen LogP contribution < -0.4 is 5.32 Å². The quantitative estimate of drug-likeness (QED) is 0.828. The highest BCUT2D eigenvalue weighted by Gasteiger charge is 2.25. The number of nitrogens with one attached hydrogen (secondary N) is 1. The van der Waals surface area contributed by atoms with Gasteiger partial charge >= 0.3 is 0 Å². The monoisotopic (exact) mass is 255 g/mol. The summed E-state index contributed by atoms with van der Waals surface area (Å²) in [5.41, 5.74) is 0. The van der Waals surface area contributed by atoms with Crippen molar-refractivity contribution < 1.29 is 0 Å². The first-order valence-electron chi connectivity index (χ1n) is 6.43. The minimum Gasteiger partial charge on any atom is -0.313 e. The predicted octanol–water partition coefficient (Wildman–Crippen LogP) is 1.61. The van der Waals surface area contributed by atoms with Gasteiger partial charge in [0.05, 0.1) is 0 Å². The van der Waals surface area contributed by atoms with E-state index in [4.69, 9.17) is 0 Å². The Morgan fingerprint density at radius 1 is 1.35 bits per heavy atom. The van der Waals surface area contributed by atoms with Gasteiger partial charge in [0.1, 0.15) is 0 Å². The highest BCUT2D eigenvalue weighted by Crippen LogP contribution is 2.31. The van der Waals surface area contributed by atoms with Gasteiger partial charge in [-0.2, -0.15) is 0 Å². The van der Waals surface area contributed by atoms with Gasteiger partial charge < -0.3 is 5.32 Å². The third-order valence-corrected chi connectivity index (χ3v) is 4.68. The smallest absolute Gasteiger partial charge is 0.209 e. The third-order valence-electron chi connectivity index (χ3n) is 3.26. The van der Waals surface area contributed by atoms with E-state index < -0.39 is 0 Å². The molecule has 17 heavy (non-hydrogen) atoms. The van der Waals surface area contributed by atoms with Crippen LogP contribution in [-0.4, -0.2) is 38.0 Å². The normalized spacial score (nSPS) is 25.8. The molecule has 1 fully saturated rings. The van der Waals surface area contributed by atoms with Crippen molar-refractivity contribution in [2.24, 2.45) is 7.05 Å². The van der Waals surface area contributed by atoms with Crippen LogP contribution in [0.25, 0.3) is 0 Å². The summed E-state index contributed by atoms with van der Waals surface area (Å²) in [4.78, 5) is 0. The fourth-order valence-corrected chi connectivity index (χ4v) is 3.59. The molecule has 0 amide bonds. The summed E-state index contributed by atoms with van der Waals surface area (Å²) in [6.07, 6.45) is 6.55. The molecule has 1 heterocycles. The average molecular weight is 255 g/mol. The molecule has 1 aliphatic rings. The summed E-state index contributed by atoms with van der Waals surface area (Å²) >= 11 is 1.82. The molecule has 2 unspecified atom stereocenters. The van der Waals surface area contributed by atoms with Crippen molar-refractivity contribution in [1.82, 2.24) is 25.5 Å². The highest BCUT2D eigenvalue weighted by molar-refractivity contribution is 7.99. The summed E-state index contributed by atoms with van der Waals surface area (Å²) in [5.74, 6) is 0. The van der Waals surface area contributed by atoms with Gasteiger partial charge in [-0.3, -0.25) is 0 Å². The first kappa shape index (κ1) is 12.8. The number of aryl methyl sites for hydroxylation is 1. The molecule has 1 aromatic rings. The molecule has 0 aromatic carbocycles. The number of aromatic nitrogens is 4. The Labute approximate surface area is 107 Å². The molecule has 0 bridgehead atoms. The second-order valence-corrected chi connectivity index (χ2v) is 5.75. The van der Waals surface area contributed by atoms with Crippen LogP contribution >= 0.6 is 11.8 Å². The van der Waals surface area contributed by atoms with Crippen LogP contribution in [-0.2, 0) is 7.05 Å². The van der Waals surface area contributed by atoms with Crippen molar-refractivity contribution in [2.75, 3.05) is 6.54 Å². The van der Waals surface area contributed by atoms with E-state index in [1.165, 1.54) is 32.1 Å². The highest BCUT2D eigenvalue weighted by atomic mass is 32.2. The molecule has 1 saturated carbocycles. The summed E-state index contributed by atoms with van der Waals surface area (Å²) in [5, 5.41) is 16.8. The molecule has 6 heteroatoms. The second kappa shape index (κ2) is 6.35. The van der Waals surface area contributed by atoms with E-state index in [0.29, 0.717) is 11.3 Å². The topological polar surface area (TPSA) is 55.6 Å². The molecule has 0 saturated heterocycles. The van der Waals surface area contributed by atoms with Crippen molar-refractivity contribution >= 4 is 11.8 Å². The summed E-state index contributed by atoms with van der Waals surface area (Å²) < 4.78 is 1.76. The van der Waals surface area contributed by atoms with Crippen LogP contribution in [0.5, 0.6) is 0 Å². The van der Waals surface area contributed by atoms with Gasteiger partial charge in [-0.1, -0.05) is 37.9 Å². The van der Waals surface area contributed by atoms with Crippen LogP contribution in [0.4, 0.5) is 0 Å². The minimum atomic E-state index is 0.599. The van der Waals surface area contributed by atoms with E-state index in [2.05, 4.69) is 27.8 Å². The van der Waals surface area contributed by atoms with E-state index >= 15 is 0 Å². The standard InChI is InChI=1S/C11H21N5S/c1-3-12-9-7-5-4-6-8-10(9)17-11-13-14-15-16(11)2/h9-10,12H,3-8H2,1-2H3. The van der Waals surface area contributed by atoms with Crippen LogP contribution in [0.1, 0.15) is 39.0 Å². The maximum atomic E-state index is 4.07. The van der Waals surface area contributed by atoms with Crippen molar-refractivity contribution in [2.45, 2.75) is 55.5 Å². The van der Waals surface area contributed by atoms with E-state index in [0.717, 1.165) is 11.7 Å². The molecule has 2 atom stereocenters. The lowest BCUT2D eigenvalue weighted by molar-refractivity contribution is 0.481. The van der Waals surface area contributed by atoms with Crippen molar-refractivity contribution in [3.63, 3.8) is 0 Å². The molecule has 0 radical (unpaired) electrons. The van der Waals surface area contributed by atoms with Crippen molar-refractivity contribution in [3.05, 3.63) is 0 Å². The zero-order valence-electron chi connectivity index (χ0n) is 10.6. The van der Waals surface area contributed by atoms with E-state index in [1.54, 1.807) is 4.68 Å². The van der Waals surface area contributed by atoms with Gasteiger partial charge in [0.15, 0.2) is 0 Å². The Hall–Kier alpha value is -0.620. The van der Waals surface area contributed by atoms with E-state index in [-0.39, 0.29) is 0 Å². The maximum absolute atomic E-state index is 4.07. The lowest BCUT2D eigenvalue weighted by atomic mass is 10.1. The first-order chi connectivity index (χ1) is 8.31.